The number of likely N-dealkylation sites (tertiary alicyclic amines) is 1. The van der Waals surface area contributed by atoms with Gasteiger partial charge in [-0.2, -0.15) is 13.2 Å². The van der Waals surface area contributed by atoms with E-state index in [1.165, 1.54) is 0 Å². The minimum Gasteiger partial charge on any atom is -0.341 e. The predicted molar refractivity (Wildman–Crippen MR) is 71.8 cm³/mol. The van der Waals surface area contributed by atoms with Gasteiger partial charge in [-0.3, -0.25) is 9.69 Å². The molecular weight excluding hydrogens is 283 g/mol. The minimum atomic E-state index is -4.33. The van der Waals surface area contributed by atoms with Crippen LogP contribution in [0.4, 0.5) is 13.2 Å². The first-order chi connectivity index (χ1) is 9.93. The topological polar surface area (TPSA) is 44.4 Å². The number of hydrogen-bond donors (Lipinski definition) is 2. The lowest BCUT2D eigenvalue weighted by atomic mass is 10.0. The summed E-state index contributed by atoms with van der Waals surface area (Å²) in [5.74, 6) is -0.430. The maximum atomic E-state index is 13.0. The SMILES string of the molecule is O=C(NC1(C(F)(F)F)CC1)C1CCCN1C1CCNCC1. The average molecular weight is 305 g/mol. The molecule has 0 bridgehead atoms. The van der Waals surface area contributed by atoms with E-state index in [2.05, 4.69) is 15.5 Å². The first-order valence-electron chi connectivity index (χ1n) is 7.78. The zero-order chi connectivity index (χ0) is 15.1. The van der Waals surface area contributed by atoms with Crippen molar-refractivity contribution in [1.29, 1.82) is 0 Å². The third kappa shape index (κ3) is 2.90. The van der Waals surface area contributed by atoms with Crippen LogP contribution < -0.4 is 10.6 Å². The van der Waals surface area contributed by atoms with Crippen molar-refractivity contribution < 1.29 is 18.0 Å². The number of piperidine rings is 1. The molecule has 2 N–H and O–H groups in total. The predicted octanol–water partition coefficient (Wildman–Crippen LogP) is 1.41. The smallest absolute Gasteiger partial charge is 0.341 e. The van der Waals surface area contributed by atoms with E-state index >= 15 is 0 Å². The zero-order valence-electron chi connectivity index (χ0n) is 12.0. The Morgan fingerprint density at radius 3 is 2.43 bits per heavy atom. The molecule has 4 nitrogen and oxygen atoms in total. The summed E-state index contributed by atoms with van der Waals surface area (Å²) in [7, 11) is 0. The highest BCUT2D eigenvalue weighted by Gasteiger charge is 2.64. The maximum Gasteiger partial charge on any atom is 0.411 e. The summed E-state index contributed by atoms with van der Waals surface area (Å²) in [5, 5.41) is 5.57. The molecule has 0 aromatic rings. The van der Waals surface area contributed by atoms with E-state index in [0.717, 1.165) is 38.9 Å². The Morgan fingerprint density at radius 1 is 1.19 bits per heavy atom. The third-order valence-corrected chi connectivity index (χ3v) is 5.03. The third-order valence-electron chi connectivity index (χ3n) is 5.03. The van der Waals surface area contributed by atoms with Crippen molar-refractivity contribution in [1.82, 2.24) is 15.5 Å². The van der Waals surface area contributed by atoms with Crippen LogP contribution in [0.5, 0.6) is 0 Å². The van der Waals surface area contributed by atoms with Crippen molar-refractivity contribution in [2.24, 2.45) is 0 Å². The van der Waals surface area contributed by atoms with Gasteiger partial charge in [-0.15, -0.1) is 0 Å². The highest BCUT2D eigenvalue weighted by molar-refractivity contribution is 5.83. The molecule has 21 heavy (non-hydrogen) atoms. The summed E-state index contributed by atoms with van der Waals surface area (Å²) < 4.78 is 38.9. The summed E-state index contributed by atoms with van der Waals surface area (Å²) in [6, 6.07) is -0.0570. The lowest BCUT2D eigenvalue weighted by molar-refractivity contribution is -0.171. The first-order valence-corrected chi connectivity index (χ1v) is 7.78. The van der Waals surface area contributed by atoms with E-state index in [9.17, 15) is 18.0 Å². The van der Waals surface area contributed by atoms with Crippen LogP contribution in [-0.4, -0.2) is 54.2 Å². The molecule has 1 amide bonds. The molecule has 1 atom stereocenters. The number of carbonyl (C=O) groups excluding carboxylic acids is 1. The van der Waals surface area contributed by atoms with Crippen LogP contribution in [0, 0.1) is 0 Å². The number of nitrogens with zero attached hydrogens (tertiary/aromatic N) is 1. The summed E-state index contributed by atoms with van der Waals surface area (Å²) in [6.07, 6.45) is -0.807. The van der Waals surface area contributed by atoms with Gasteiger partial charge in [0.15, 0.2) is 0 Å². The Morgan fingerprint density at radius 2 is 1.86 bits per heavy atom. The highest BCUT2D eigenvalue weighted by Crippen LogP contribution is 2.49. The monoisotopic (exact) mass is 305 g/mol. The molecular formula is C14H22F3N3O. The average Bonchev–Trinajstić information content (AvgIpc) is 3.07. The molecule has 2 saturated heterocycles. The van der Waals surface area contributed by atoms with E-state index in [-0.39, 0.29) is 18.9 Å². The van der Waals surface area contributed by atoms with Gasteiger partial charge in [-0.05, 0) is 58.2 Å². The Kier molecular flexibility index (Phi) is 3.90. The molecule has 1 saturated carbocycles. The number of amides is 1. The summed E-state index contributed by atoms with van der Waals surface area (Å²) >= 11 is 0. The van der Waals surface area contributed by atoms with Crippen LogP contribution in [0.15, 0.2) is 0 Å². The van der Waals surface area contributed by atoms with Gasteiger partial charge in [-0.25, -0.2) is 0 Å². The van der Waals surface area contributed by atoms with Crippen molar-refractivity contribution in [2.75, 3.05) is 19.6 Å². The second-order valence-corrected chi connectivity index (χ2v) is 6.45. The van der Waals surface area contributed by atoms with Crippen molar-refractivity contribution in [3.8, 4) is 0 Å². The lowest BCUT2D eigenvalue weighted by Crippen LogP contribution is -2.56. The molecule has 1 aliphatic carbocycles. The molecule has 2 heterocycles. The van der Waals surface area contributed by atoms with E-state index in [1.54, 1.807) is 0 Å². The Hall–Kier alpha value is -0.820. The number of halogens is 3. The Labute approximate surface area is 122 Å². The van der Waals surface area contributed by atoms with E-state index in [1.807, 2.05) is 0 Å². The van der Waals surface area contributed by atoms with Crippen molar-refractivity contribution in [2.45, 2.75) is 62.3 Å². The van der Waals surface area contributed by atoms with Gasteiger partial charge in [0.25, 0.3) is 0 Å². The molecule has 0 spiro atoms. The van der Waals surface area contributed by atoms with Gasteiger partial charge in [0.2, 0.25) is 5.91 Å². The number of carbonyl (C=O) groups is 1. The van der Waals surface area contributed by atoms with Crippen LogP contribution in [-0.2, 0) is 4.79 Å². The summed E-state index contributed by atoms with van der Waals surface area (Å²) in [4.78, 5) is 14.5. The van der Waals surface area contributed by atoms with Crippen LogP contribution in [0.25, 0.3) is 0 Å². The van der Waals surface area contributed by atoms with Crippen LogP contribution in [0.1, 0.15) is 38.5 Å². The molecule has 2 aliphatic heterocycles. The molecule has 0 radical (unpaired) electrons. The summed E-state index contributed by atoms with van der Waals surface area (Å²) in [6.45, 7) is 2.66. The molecule has 120 valence electrons. The summed E-state index contributed by atoms with van der Waals surface area (Å²) in [5.41, 5.74) is -1.94. The molecule has 3 fully saturated rings. The zero-order valence-corrected chi connectivity index (χ0v) is 12.0. The number of hydrogen-bond acceptors (Lipinski definition) is 3. The van der Waals surface area contributed by atoms with E-state index in [4.69, 9.17) is 0 Å². The minimum absolute atomic E-state index is 0.0162. The van der Waals surface area contributed by atoms with Gasteiger partial charge in [0.05, 0.1) is 6.04 Å². The molecule has 7 heteroatoms. The number of alkyl halides is 3. The van der Waals surface area contributed by atoms with Crippen molar-refractivity contribution in [3.63, 3.8) is 0 Å². The fourth-order valence-corrected chi connectivity index (χ4v) is 3.57. The van der Waals surface area contributed by atoms with Gasteiger partial charge < -0.3 is 10.6 Å². The second kappa shape index (κ2) is 5.43. The van der Waals surface area contributed by atoms with Crippen LogP contribution in [0.2, 0.25) is 0 Å². The van der Waals surface area contributed by atoms with Crippen LogP contribution >= 0.6 is 0 Å². The molecule has 0 aromatic heterocycles. The maximum absolute atomic E-state index is 13.0. The molecule has 0 aromatic carbocycles. The number of rotatable bonds is 3. The van der Waals surface area contributed by atoms with Crippen molar-refractivity contribution in [3.05, 3.63) is 0 Å². The first kappa shape index (κ1) is 15.1. The van der Waals surface area contributed by atoms with Gasteiger partial charge in [0.1, 0.15) is 5.54 Å². The second-order valence-electron chi connectivity index (χ2n) is 6.45. The van der Waals surface area contributed by atoms with Gasteiger partial charge in [-0.1, -0.05) is 0 Å². The normalized spacial score (nSPS) is 30.3. The number of nitrogens with one attached hydrogen (secondary N) is 2. The molecule has 3 rings (SSSR count). The van der Waals surface area contributed by atoms with Gasteiger partial charge >= 0.3 is 6.18 Å². The lowest BCUT2D eigenvalue weighted by Gasteiger charge is -2.35. The fourth-order valence-electron chi connectivity index (χ4n) is 3.57. The van der Waals surface area contributed by atoms with Gasteiger partial charge in [0, 0.05) is 6.04 Å². The van der Waals surface area contributed by atoms with Crippen LogP contribution in [0.3, 0.4) is 0 Å². The standard InChI is InChI=1S/C14H22F3N3O/c15-14(16,17)13(5-6-13)19-12(21)11-2-1-9-20(11)10-3-7-18-8-4-10/h10-11,18H,1-9H2,(H,19,21). The fraction of sp³-hybridized carbons (Fsp3) is 0.929. The highest BCUT2D eigenvalue weighted by atomic mass is 19.4. The molecule has 3 aliphatic rings. The Bertz CT molecular complexity index is 403. The largest absolute Gasteiger partial charge is 0.411 e. The Balaban J connectivity index is 1.63. The van der Waals surface area contributed by atoms with E-state index in [0.29, 0.717) is 12.5 Å². The van der Waals surface area contributed by atoms with Crippen molar-refractivity contribution >= 4 is 5.91 Å². The van der Waals surface area contributed by atoms with E-state index < -0.39 is 17.6 Å². The quantitative estimate of drug-likeness (QED) is 0.829. The molecule has 1 unspecified atom stereocenters.